The molecule has 2 rings (SSSR count). The van der Waals surface area contributed by atoms with Crippen molar-refractivity contribution in [2.75, 3.05) is 13.1 Å². The largest absolute Gasteiger partial charge is 0.364 e. The van der Waals surface area contributed by atoms with Crippen molar-refractivity contribution in [2.45, 2.75) is 38.0 Å². The minimum absolute atomic E-state index is 0.0171. The molecule has 0 spiro atoms. The van der Waals surface area contributed by atoms with Gasteiger partial charge in [-0.3, -0.25) is 4.79 Å². The second-order valence-corrected chi connectivity index (χ2v) is 4.50. The van der Waals surface area contributed by atoms with Crippen LogP contribution in [0.4, 0.5) is 0 Å². The molecule has 0 bridgehead atoms. The van der Waals surface area contributed by atoms with Gasteiger partial charge in [0, 0.05) is 32.0 Å². The van der Waals surface area contributed by atoms with Crippen molar-refractivity contribution in [3.05, 3.63) is 18.7 Å². The average Bonchev–Trinajstić information content (AvgIpc) is 3.05. The zero-order chi connectivity index (χ0) is 12.8. The van der Waals surface area contributed by atoms with E-state index >= 15 is 0 Å². The topological polar surface area (TPSA) is 82.2 Å². The maximum absolute atomic E-state index is 11.8. The highest BCUT2D eigenvalue weighted by Gasteiger charge is 2.29. The highest BCUT2D eigenvalue weighted by molar-refractivity contribution is 5.80. The van der Waals surface area contributed by atoms with E-state index in [1.165, 1.54) is 0 Å². The van der Waals surface area contributed by atoms with E-state index in [0.29, 0.717) is 13.1 Å². The van der Waals surface area contributed by atoms with Gasteiger partial charge >= 0.3 is 0 Å². The number of carbonyl (C=O) groups is 1. The fourth-order valence-corrected chi connectivity index (χ4v) is 2.08. The smallest absolute Gasteiger partial charge is 0.249 e. The lowest BCUT2D eigenvalue weighted by atomic mass is 10.2. The molecule has 2 heterocycles. The molecule has 100 valence electrons. The molecule has 0 radical (unpaired) electrons. The Balaban J connectivity index is 1.60. The summed E-state index contributed by atoms with van der Waals surface area (Å²) in [6, 6.07) is 0. The second-order valence-electron chi connectivity index (χ2n) is 4.50. The van der Waals surface area contributed by atoms with Crippen LogP contribution in [0.2, 0.25) is 0 Å². The summed E-state index contributed by atoms with van der Waals surface area (Å²) in [4.78, 5) is 15.7. The van der Waals surface area contributed by atoms with Crippen LogP contribution in [-0.2, 0) is 16.1 Å². The van der Waals surface area contributed by atoms with Crippen molar-refractivity contribution < 1.29 is 9.53 Å². The molecule has 1 fully saturated rings. The van der Waals surface area contributed by atoms with Crippen LogP contribution >= 0.6 is 0 Å². The maximum Gasteiger partial charge on any atom is 0.249 e. The molecule has 1 amide bonds. The number of imidazole rings is 1. The summed E-state index contributed by atoms with van der Waals surface area (Å²) in [5.41, 5.74) is 5.51. The van der Waals surface area contributed by atoms with Gasteiger partial charge in [0.05, 0.1) is 12.4 Å². The molecule has 2 unspecified atom stereocenters. The van der Waals surface area contributed by atoms with Gasteiger partial charge in [0.2, 0.25) is 5.91 Å². The number of nitrogens with one attached hydrogen (secondary N) is 1. The van der Waals surface area contributed by atoms with Gasteiger partial charge in [-0.05, 0) is 19.3 Å². The predicted octanol–water partition coefficient (Wildman–Crippen LogP) is -0.104. The number of hydrogen-bond acceptors (Lipinski definition) is 4. The zero-order valence-electron chi connectivity index (χ0n) is 10.4. The molecular formula is C12H20N4O2. The molecule has 2 atom stereocenters. The minimum Gasteiger partial charge on any atom is -0.364 e. The standard InChI is InChI=1S/C12H20N4O2/c13-8-10-2-3-11(18-10)12(17)15-4-1-6-16-7-5-14-9-16/h5,7,9-11H,1-4,6,8,13H2,(H,15,17). The van der Waals surface area contributed by atoms with Crippen molar-refractivity contribution >= 4 is 5.91 Å². The number of amides is 1. The molecular weight excluding hydrogens is 232 g/mol. The van der Waals surface area contributed by atoms with Crippen molar-refractivity contribution in [1.82, 2.24) is 14.9 Å². The molecule has 1 aliphatic heterocycles. The maximum atomic E-state index is 11.8. The molecule has 3 N–H and O–H groups in total. The van der Waals surface area contributed by atoms with Crippen LogP contribution in [0.3, 0.4) is 0 Å². The Morgan fingerprint density at radius 2 is 2.44 bits per heavy atom. The third kappa shape index (κ3) is 3.54. The van der Waals surface area contributed by atoms with Crippen molar-refractivity contribution in [3.63, 3.8) is 0 Å². The number of nitrogens with two attached hydrogens (primary N) is 1. The molecule has 1 saturated heterocycles. The lowest BCUT2D eigenvalue weighted by Gasteiger charge is -2.12. The first-order valence-electron chi connectivity index (χ1n) is 6.38. The number of nitrogens with zero attached hydrogens (tertiary/aromatic N) is 2. The summed E-state index contributed by atoms with van der Waals surface area (Å²) in [6.45, 7) is 2.01. The molecule has 1 aliphatic rings. The number of carbonyl (C=O) groups excluding carboxylic acids is 1. The van der Waals surface area contributed by atoms with Gasteiger partial charge in [-0.15, -0.1) is 0 Å². The van der Waals surface area contributed by atoms with Crippen LogP contribution in [-0.4, -0.2) is 40.8 Å². The predicted molar refractivity (Wildman–Crippen MR) is 66.8 cm³/mol. The van der Waals surface area contributed by atoms with Gasteiger partial charge in [-0.25, -0.2) is 4.98 Å². The number of aromatic nitrogens is 2. The molecule has 0 aromatic carbocycles. The normalized spacial score (nSPS) is 23.2. The van der Waals surface area contributed by atoms with Gasteiger partial charge in [0.15, 0.2) is 0 Å². The summed E-state index contributed by atoms with van der Waals surface area (Å²) >= 11 is 0. The van der Waals surface area contributed by atoms with E-state index in [0.717, 1.165) is 25.8 Å². The number of aryl methyl sites for hydroxylation is 1. The Hall–Kier alpha value is -1.40. The van der Waals surface area contributed by atoms with E-state index in [9.17, 15) is 4.79 Å². The summed E-state index contributed by atoms with van der Waals surface area (Å²) < 4.78 is 7.51. The van der Waals surface area contributed by atoms with E-state index in [1.807, 2.05) is 10.8 Å². The molecule has 1 aromatic rings. The quantitative estimate of drug-likeness (QED) is 0.692. The van der Waals surface area contributed by atoms with E-state index in [4.69, 9.17) is 10.5 Å². The average molecular weight is 252 g/mol. The number of rotatable bonds is 6. The molecule has 1 aromatic heterocycles. The van der Waals surface area contributed by atoms with Crippen molar-refractivity contribution in [3.8, 4) is 0 Å². The van der Waals surface area contributed by atoms with Gasteiger partial charge in [0.25, 0.3) is 0 Å². The van der Waals surface area contributed by atoms with Crippen LogP contribution in [0.5, 0.6) is 0 Å². The first-order valence-corrected chi connectivity index (χ1v) is 6.38. The Bertz CT molecular complexity index is 366. The first kappa shape index (κ1) is 13.0. The van der Waals surface area contributed by atoms with E-state index in [-0.39, 0.29) is 18.1 Å². The number of hydrogen-bond donors (Lipinski definition) is 2. The molecule has 0 aliphatic carbocycles. The molecule has 0 saturated carbocycles. The zero-order valence-corrected chi connectivity index (χ0v) is 10.4. The van der Waals surface area contributed by atoms with E-state index < -0.39 is 0 Å². The second kappa shape index (κ2) is 6.51. The Morgan fingerprint density at radius 1 is 1.56 bits per heavy atom. The summed E-state index contributed by atoms with van der Waals surface area (Å²) in [5, 5.41) is 2.89. The fraction of sp³-hybridized carbons (Fsp3) is 0.667. The third-order valence-corrected chi connectivity index (χ3v) is 3.11. The van der Waals surface area contributed by atoms with Gasteiger partial charge < -0.3 is 20.4 Å². The first-order chi connectivity index (χ1) is 8.79. The Labute approximate surface area is 107 Å². The van der Waals surface area contributed by atoms with Crippen molar-refractivity contribution in [1.29, 1.82) is 0 Å². The van der Waals surface area contributed by atoms with Gasteiger partial charge in [-0.1, -0.05) is 0 Å². The summed E-state index contributed by atoms with van der Waals surface area (Å²) in [5.74, 6) is -0.0171. The molecule has 6 nitrogen and oxygen atoms in total. The van der Waals surface area contributed by atoms with E-state index in [1.54, 1.807) is 12.5 Å². The molecule has 6 heteroatoms. The van der Waals surface area contributed by atoms with Crippen LogP contribution in [0.15, 0.2) is 18.7 Å². The summed E-state index contributed by atoms with van der Waals surface area (Å²) in [6.07, 6.45) is 7.70. The fourth-order valence-electron chi connectivity index (χ4n) is 2.08. The highest BCUT2D eigenvalue weighted by Crippen LogP contribution is 2.18. The van der Waals surface area contributed by atoms with Crippen LogP contribution in [0, 0.1) is 0 Å². The van der Waals surface area contributed by atoms with Gasteiger partial charge in [0.1, 0.15) is 6.10 Å². The Kier molecular flexibility index (Phi) is 4.72. The van der Waals surface area contributed by atoms with E-state index in [2.05, 4.69) is 10.3 Å². The lowest BCUT2D eigenvalue weighted by molar-refractivity contribution is -0.131. The SMILES string of the molecule is NCC1CCC(C(=O)NCCCn2ccnc2)O1. The van der Waals surface area contributed by atoms with Crippen LogP contribution in [0.25, 0.3) is 0 Å². The lowest BCUT2D eigenvalue weighted by Crippen LogP contribution is -2.36. The van der Waals surface area contributed by atoms with Crippen LogP contribution < -0.4 is 11.1 Å². The third-order valence-electron chi connectivity index (χ3n) is 3.11. The Morgan fingerprint density at radius 3 is 3.11 bits per heavy atom. The van der Waals surface area contributed by atoms with Crippen molar-refractivity contribution in [2.24, 2.45) is 5.73 Å². The number of ether oxygens (including phenoxy) is 1. The van der Waals surface area contributed by atoms with Gasteiger partial charge in [-0.2, -0.15) is 0 Å². The minimum atomic E-state index is -0.313. The summed E-state index contributed by atoms with van der Waals surface area (Å²) in [7, 11) is 0. The van der Waals surface area contributed by atoms with Crippen LogP contribution in [0.1, 0.15) is 19.3 Å². The highest BCUT2D eigenvalue weighted by atomic mass is 16.5. The monoisotopic (exact) mass is 252 g/mol. The molecule has 18 heavy (non-hydrogen) atoms.